The fourth-order valence-corrected chi connectivity index (χ4v) is 3.74. The van der Waals surface area contributed by atoms with E-state index in [4.69, 9.17) is 27.6 Å². The van der Waals surface area contributed by atoms with E-state index in [1.54, 1.807) is 12.1 Å². The summed E-state index contributed by atoms with van der Waals surface area (Å²) in [6, 6.07) is 10.2. The maximum absolute atomic E-state index is 12.9. The van der Waals surface area contributed by atoms with Crippen molar-refractivity contribution in [2.24, 2.45) is 0 Å². The van der Waals surface area contributed by atoms with Gasteiger partial charge in [-0.3, -0.25) is 4.79 Å². The fraction of sp³-hybridized carbons (Fsp3) is 0.0952. The number of nitrogens with zero attached hydrogens (tertiary/aromatic N) is 3. The lowest BCUT2D eigenvalue weighted by molar-refractivity contribution is 0.0772. The minimum absolute atomic E-state index is 0.00595. The van der Waals surface area contributed by atoms with E-state index in [-0.39, 0.29) is 39.3 Å². The van der Waals surface area contributed by atoms with Crippen molar-refractivity contribution in [2.75, 3.05) is 7.05 Å². The quantitative estimate of drug-likeness (QED) is 0.403. The monoisotopic (exact) mass is 474 g/mol. The molecule has 0 radical (unpaired) electrons. The van der Waals surface area contributed by atoms with E-state index in [2.05, 4.69) is 10.2 Å². The van der Waals surface area contributed by atoms with Crippen molar-refractivity contribution in [1.82, 2.24) is 19.7 Å². The van der Waals surface area contributed by atoms with Crippen LogP contribution in [0.1, 0.15) is 16.1 Å². The van der Waals surface area contributed by atoms with Gasteiger partial charge in [0.2, 0.25) is 0 Å². The molecule has 11 heteroatoms. The van der Waals surface area contributed by atoms with E-state index >= 15 is 0 Å². The molecule has 0 aliphatic rings. The number of amides is 1. The molecule has 0 saturated heterocycles. The predicted octanol–water partition coefficient (Wildman–Crippen LogP) is 3.81. The average molecular weight is 475 g/mol. The Kier molecular flexibility index (Phi) is 5.68. The molecular weight excluding hydrogens is 459 g/mol. The number of nitrogens with one attached hydrogen (secondary N) is 1. The van der Waals surface area contributed by atoms with Crippen LogP contribution in [-0.4, -0.2) is 42.8 Å². The number of benzene rings is 2. The summed E-state index contributed by atoms with van der Waals surface area (Å²) >= 11 is 12.1. The molecule has 0 aliphatic heterocycles. The number of H-pyrrole nitrogens is 1. The van der Waals surface area contributed by atoms with Gasteiger partial charge in [0.15, 0.2) is 5.82 Å². The van der Waals surface area contributed by atoms with Gasteiger partial charge in [0.25, 0.3) is 5.91 Å². The number of hydrogen-bond acceptors (Lipinski definition) is 6. The van der Waals surface area contributed by atoms with Crippen LogP contribution in [0.3, 0.4) is 0 Å². The highest BCUT2D eigenvalue weighted by Gasteiger charge is 2.23. The maximum atomic E-state index is 12.9. The number of carbonyl (C=O) groups excluding carboxylic acids is 1. The first-order valence-corrected chi connectivity index (χ1v) is 9.98. The van der Waals surface area contributed by atoms with Crippen LogP contribution in [-0.2, 0) is 6.54 Å². The highest BCUT2D eigenvalue weighted by molar-refractivity contribution is 6.34. The molecule has 2 aromatic heterocycles. The minimum Gasteiger partial charge on any atom is -0.507 e. The molecule has 4 rings (SSSR count). The first-order valence-electron chi connectivity index (χ1n) is 9.22. The molecule has 0 unspecified atom stereocenters. The zero-order chi connectivity index (χ0) is 23.0. The summed E-state index contributed by atoms with van der Waals surface area (Å²) < 4.78 is 6.39. The van der Waals surface area contributed by atoms with Gasteiger partial charge < -0.3 is 19.5 Å². The highest BCUT2D eigenvalue weighted by atomic mass is 35.5. The van der Waals surface area contributed by atoms with Gasteiger partial charge in [0, 0.05) is 23.2 Å². The molecule has 32 heavy (non-hydrogen) atoms. The molecule has 0 aliphatic carbocycles. The number of halogens is 2. The number of phenols is 2. The van der Waals surface area contributed by atoms with Crippen molar-refractivity contribution in [3.8, 4) is 28.6 Å². The molecule has 1 amide bonds. The van der Waals surface area contributed by atoms with Gasteiger partial charge >= 0.3 is 5.69 Å². The third-order valence-corrected chi connectivity index (χ3v) is 5.12. The van der Waals surface area contributed by atoms with E-state index in [1.165, 1.54) is 42.5 Å². The number of aromatic hydroxyl groups is 2. The molecule has 0 atom stereocenters. The van der Waals surface area contributed by atoms with Crippen LogP contribution < -0.4 is 5.69 Å². The molecule has 0 saturated carbocycles. The van der Waals surface area contributed by atoms with Crippen molar-refractivity contribution < 1.29 is 19.4 Å². The number of phenolic OH excluding ortho intramolecular Hbond substituents is 2. The summed E-state index contributed by atoms with van der Waals surface area (Å²) in [5, 5.41) is 27.6. The largest absolute Gasteiger partial charge is 0.507 e. The topological polar surface area (TPSA) is 125 Å². The molecule has 164 valence electrons. The van der Waals surface area contributed by atoms with Gasteiger partial charge in [-0.1, -0.05) is 23.2 Å². The standard InChI is InChI=1S/C21H16Cl2N4O5/c1-26(10-14-3-2-4-32-14)20(30)16-8-15(17(28)9-18(16)29)19-24-25-21(31)27(19)13-6-11(22)5-12(23)7-13/h2-9,28-29H,10H2,1H3,(H,25,31). The number of furan rings is 1. The van der Waals surface area contributed by atoms with Crippen LogP contribution in [0.4, 0.5) is 0 Å². The molecule has 0 spiro atoms. The van der Waals surface area contributed by atoms with E-state index in [0.717, 1.165) is 10.6 Å². The van der Waals surface area contributed by atoms with Gasteiger partial charge in [0.05, 0.1) is 29.6 Å². The Balaban J connectivity index is 1.79. The Morgan fingerprint density at radius 1 is 1.16 bits per heavy atom. The van der Waals surface area contributed by atoms with Gasteiger partial charge in [0.1, 0.15) is 17.3 Å². The van der Waals surface area contributed by atoms with Crippen LogP contribution in [0, 0.1) is 0 Å². The maximum Gasteiger partial charge on any atom is 0.348 e. The normalized spacial score (nSPS) is 11.0. The van der Waals surface area contributed by atoms with Crippen molar-refractivity contribution in [2.45, 2.75) is 6.54 Å². The number of hydrogen-bond donors (Lipinski definition) is 3. The summed E-state index contributed by atoms with van der Waals surface area (Å²) in [6.45, 7) is 0.162. The lowest BCUT2D eigenvalue weighted by atomic mass is 10.1. The van der Waals surface area contributed by atoms with E-state index in [9.17, 15) is 19.8 Å². The van der Waals surface area contributed by atoms with Crippen molar-refractivity contribution in [3.63, 3.8) is 0 Å². The SMILES string of the molecule is CN(Cc1ccco1)C(=O)c1cc(-c2n[nH]c(=O)n2-c2cc(Cl)cc(Cl)c2)c(O)cc1O. The molecule has 3 N–H and O–H groups in total. The van der Waals surface area contributed by atoms with Crippen LogP contribution in [0.25, 0.3) is 17.1 Å². The summed E-state index contributed by atoms with van der Waals surface area (Å²) in [5.74, 6) is -0.804. The second kappa shape index (κ2) is 8.45. The summed E-state index contributed by atoms with van der Waals surface area (Å²) in [6.07, 6.45) is 1.49. The Bertz CT molecular complexity index is 1340. The Morgan fingerprint density at radius 2 is 1.88 bits per heavy atom. The van der Waals surface area contributed by atoms with E-state index in [1.807, 2.05) is 0 Å². The number of aromatic nitrogens is 3. The zero-order valence-corrected chi connectivity index (χ0v) is 18.1. The van der Waals surface area contributed by atoms with Crippen LogP contribution in [0.15, 0.2) is 57.9 Å². The summed E-state index contributed by atoms with van der Waals surface area (Å²) in [7, 11) is 1.54. The van der Waals surface area contributed by atoms with Crippen LogP contribution >= 0.6 is 23.2 Å². The summed E-state index contributed by atoms with van der Waals surface area (Å²) in [4.78, 5) is 26.7. The van der Waals surface area contributed by atoms with Gasteiger partial charge in [-0.05, 0) is 36.4 Å². The van der Waals surface area contributed by atoms with E-state index in [0.29, 0.717) is 11.4 Å². The second-order valence-electron chi connectivity index (χ2n) is 6.94. The highest BCUT2D eigenvalue weighted by Crippen LogP contribution is 2.35. The lowest BCUT2D eigenvalue weighted by Gasteiger charge is -2.17. The first kappa shape index (κ1) is 21.5. The summed E-state index contributed by atoms with van der Waals surface area (Å²) in [5.41, 5.74) is -0.384. The smallest absolute Gasteiger partial charge is 0.348 e. The molecular formula is C21H16Cl2N4O5. The molecule has 0 fully saturated rings. The minimum atomic E-state index is -0.617. The van der Waals surface area contributed by atoms with Gasteiger partial charge in [-0.15, -0.1) is 0 Å². The van der Waals surface area contributed by atoms with Gasteiger partial charge in [-0.2, -0.15) is 5.10 Å². The van der Waals surface area contributed by atoms with Crippen molar-refractivity contribution in [1.29, 1.82) is 0 Å². The third-order valence-electron chi connectivity index (χ3n) is 4.68. The Labute approximate surface area is 191 Å². The Hall–Kier alpha value is -3.69. The molecule has 2 aromatic carbocycles. The number of carbonyl (C=O) groups is 1. The second-order valence-corrected chi connectivity index (χ2v) is 7.82. The molecule has 2 heterocycles. The van der Waals surface area contributed by atoms with Crippen molar-refractivity contribution in [3.05, 3.63) is 80.6 Å². The molecule has 0 bridgehead atoms. The van der Waals surface area contributed by atoms with Crippen LogP contribution in [0.5, 0.6) is 11.5 Å². The van der Waals surface area contributed by atoms with E-state index < -0.39 is 17.3 Å². The van der Waals surface area contributed by atoms with Crippen molar-refractivity contribution >= 4 is 29.1 Å². The zero-order valence-electron chi connectivity index (χ0n) is 16.5. The third kappa shape index (κ3) is 4.08. The predicted molar refractivity (Wildman–Crippen MR) is 117 cm³/mol. The fourth-order valence-electron chi connectivity index (χ4n) is 3.23. The molecule has 9 nitrogen and oxygen atoms in total. The Morgan fingerprint density at radius 3 is 2.53 bits per heavy atom. The first-order chi connectivity index (χ1) is 15.2. The number of aromatic amines is 1. The molecule has 4 aromatic rings. The average Bonchev–Trinajstić information content (AvgIpc) is 3.36. The lowest BCUT2D eigenvalue weighted by Crippen LogP contribution is -2.26. The van der Waals surface area contributed by atoms with Gasteiger partial charge in [-0.25, -0.2) is 14.5 Å². The van der Waals surface area contributed by atoms with Crippen LogP contribution in [0.2, 0.25) is 10.0 Å². The number of rotatable bonds is 5.